The van der Waals surface area contributed by atoms with Crippen LogP contribution in [0.5, 0.6) is 0 Å². The number of thioether (sulfide) groups is 1. The maximum Gasteiger partial charge on any atom is 0.307 e. The predicted molar refractivity (Wildman–Crippen MR) is 73.1 cm³/mol. The molecule has 1 aromatic rings. The van der Waals surface area contributed by atoms with E-state index in [2.05, 4.69) is 5.32 Å². The summed E-state index contributed by atoms with van der Waals surface area (Å²) in [6.07, 6.45) is 1.84. The first-order valence-corrected chi connectivity index (χ1v) is 6.94. The van der Waals surface area contributed by atoms with Crippen LogP contribution >= 0.6 is 11.8 Å². The van der Waals surface area contributed by atoms with Crippen LogP contribution < -0.4 is 5.32 Å². The molecule has 1 atom stereocenters. The highest BCUT2D eigenvalue weighted by molar-refractivity contribution is 7.99. The number of hydrogen-bond acceptors (Lipinski definition) is 3. The van der Waals surface area contributed by atoms with Crippen molar-refractivity contribution < 1.29 is 14.7 Å². The van der Waals surface area contributed by atoms with Crippen LogP contribution in [0.3, 0.4) is 0 Å². The molecule has 4 nitrogen and oxygen atoms in total. The maximum atomic E-state index is 12.0. The Balaban J connectivity index is 2.75. The first-order chi connectivity index (χ1) is 8.54. The average Bonchev–Trinajstić information content (AvgIpc) is 2.35. The molecule has 0 aliphatic carbocycles. The summed E-state index contributed by atoms with van der Waals surface area (Å²) in [6.45, 7) is 2.59. The van der Waals surface area contributed by atoms with Gasteiger partial charge in [-0.1, -0.05) is 25.1 Å². The predicted octanol–water partition coefficient (Wildman–Crippen LogP) is 1.79. The first kappa shape index (κ1) is 14.6. The lowest BCUT2D eigenvalue weighted by molar-refractivity contribution is -0.136. The third-order valence-electron chi connectivity index (χ3n) is 2.56. The Labute approximate surface area is 111 Å². The van der Waals surface area contributed by atoms with Crippen molar-refractivity contribution in [3.63, 3.8) is 0 Å². The van der Waals surface area contributed by atoms with E-state index in [1.165, 1.54) is 0 Å². The van der Waals surface area contributed by atoms with Crippen molar-refractivity contribution in [3.05, 3.63) is 35.4 Å². The SMILES string of the molecule is CSC(C)CNC(=O)c1ccccc1CC(=O)O. The molecule has 0 aliphatic heterocycles. The molecule has 0 spiro atoms. The van der Waals surface area contributed by atoms with Gasteiger partial charge in [-0.2, -0.15) is 11.8 Å². The van der Waals surface area contributed by atoms with Gasteiger partial charge in [0.25, 0.3) is 5.91 Å². The molecule has 1 aromatic carbocycles. The minimum atomic E-state index is -0.937. The number of benzene rings is 1. The molecule has 0 radical (unpaired) electrons. The van der Waals surface area contributed by atoms with Gasteiger partial charge >= 0.3 is 5.97 Å². The molecule has 0 fully saturated rings. The Bertz CT molecular complexity index is 434. The number of nitrogens with one attached hydrogen (secondary N) is 1. The second-order valence-electron chi connectivity index (χ2n) is 3.98. The van der Waals surface area contributed by atoms with Crippen LogP contribution in [-0.4, -0.2) is 35.0 Å². The summed E-state index contributed by atoms with van der Waals surface area (Å²) in [5.41, 5.74) is 0.979. The zero-order valence-corrected chi connectivity index (χ0v) is 11.3. The van der Waals surface area contributed by atoms with Gasteiger partial charge in [0.1, 0.15) is 0 Å². The fourth-order valence-corrected chi connectivity index (χ4v) is 1.72. The third-order valence-corrected chi connectivity index (χ3v) is 3.53. The molecule has 1 unspecified atom stereocenters. The van der Waals surface area contributed by atoms with Crippen molar-refractivity contribution in [1.29, 1.82) is 0 Å². The van der Waals surface area contributed by atoms with Crippen LogP contribution in [0, 0.1) is 0 Å². The van der Waals surface area contributed by atoms with E-state index in [1.807, 2.05) is 13.2 Å². The van der Waals surface area contributed by atoms with Gasteiger partial charge in [0.05, 0.1) is 6.42 Å². The number of aliphatic carboxylic acids is 1. The van der Waals surface area contributed by atoms with Crippen molar-refractivity contribution in [1.82, 2.24) is 5.32 Å². The fourth-order valence-electron chi connectivity index (χ4n) is 1.47. The molecule has 2 N–H and O–H groups in total. The van der Waals surface area contributed by atoms with Crippen molar-refractivity contribution >= 4 is 23.6 Å². The highest BCUT2D eigenvalue weighted by Crippen LogP contribution is 2.10. The molecule has 1 rings (SSSR count). The van der Waals surface area contributed by atoms with Crippen LogP contribution in [0.1, 0.15) is 22.8 Å². The largest absolute Gasteiger partial charge is 0.481 e. The molecule has 0 saturated carbocycles. The highest BCUT2D eigenvalue weighted by Gasteiger charge is 2.13. The molecule has 98 valence electrons. The Kier molecular flexibility index (Phi) is 5.71. The van der Waals surface area contributed by atoms with Crippen molar-refractivity contribution in [3.8, 4) is 0 Å². The zero-order chi connectivity index (χ0) is 13.5. The highest BCUT2D eigenvalue weighted by atomic mass is 32.2. The summed E-state index contributed by atoms with van der Waals surface area (Å²) < 4.78 is 0. The lowest BCUT2D eigenvalue weighted by atomic mass is 10.0. The van der Waals surface area contributed by atoms with E-state index in [1.54, 1.807) is 36.0 Å². The molecule has 0 bridgehead atoms. The summed E-state index contributed by atoms with van der Waals surface area (Å²) >= 11 is 1.67. The first-order valence-electron chi connectivity index (χ1n) is 5.65. The van der Waals surface area contributed by atoms with Gasteiger partial charge in [-0.05, 0) is 17.9 Å². The van der Waals surface area contributed by atoms with Crippen LogP contribution in [0.15, 0.2) is 24.3 Å². The fraction of sp³-hybridized carbons (Fsp3) is 0.385. The van der Waals surface area contributed by atoms with Gasteiger partial charge in [0.15, 0.2) is 0 Å². The average molecular weight is 267 g/mol. The monoisotopic (exact) mass is 267 g/mol. The summed E-state index contributed by atoms with van der Waals surface area (Å²) in [6, 6.07) is 6.79. The van der Waals surface area contributed by atoms with Gasteiger partial charge in [0, 0.05) is 17.4 Å². The number of carbonyl (C=O) groups excluding carboxylic acids is 1. The number of carboxylic acid groups (broad SMARTS) is 1. The Morgan fingerprint density at radius 3 is 2.67 bits per heavy atom. The van der Waals surface area contributed by atoms with Gasteiger partial charge in [0.2, 0.25) is 0 Å². The van der Waals surface area contributed by atoms with Gasteiger partial charge < -0.3 is 10.4 Å². The summed E-state index contributed by atoms with van der Waals surface area (Å²) in [5, 5.41) is 11.9. The third kappa shape index (κ3) is 4.41. The topological polar surface area (TPSA) is 66.4 Å². The van der Waals surface area contributed by atoms with Crippen molar-refractivity contribution in [2.24, 2.45) is 0 Å². The minimum absolute atomic E-state index is 0.137. The maximum absolute atomic E-state index is 12.0. The Morgan fingerprint density at radius 1 is 1.39 bits per heavy atom. The van der Waals surface area contributed by atoms with Gasteiger partial charge in [-0.3, -0.25) is 9.59 Å². The van der Waals surface area contributed by atoms with Crippen molar-refractivity contribution in [2.75, 3.05) is 12.8 Å². The normalized spacial score (nSPS) is 11.9. The van der Waals surface area contributed by atoms with E-state index in [-0.39, 0.29) is 12.3 Å². The van der Waals surface area contributed by atoms with E-state index in [9.17, 15) is 9.59 Å². The van der Waals surface area contributed by atoms with E-state index < -0.39 is 5.97 Å². The lowest BCUT2D eigenvalue weighted by Crippen LogP contribution is -2.30. The number of carbonyl (C=O) groups is 2. The molecule has 5 heteroatoms. The molecular weight excluding hydrogens is 250 g/mol. The molecule has 0 saturated heterocycles. The molecule has 1 amide bonds. The standard InChI is InChI=1S/C13H17NO3S/c1-9(18-2)8-14-13(17)11-6-4-3-5-10(11)7-12(15)16/h3-6,9H,7-8H2,1-2H3,(H,14,17)(H,15,16). The minimum Gasteiger partial charge on any atom is -0.481 e. The second kappa shape index (κ2) is 7.06. The Morgan fingerprint density at radius 2 is 2.06 bits per heavy atom. The van der Waals surface area contributed by atoms with Gasteiger partial charge in [-0.15, -0.1) is 0 Å². The molecule has 0 heterocycles. The number of rotatable bonds is 6. The van der Waals surface area contributed by atoms with Crippen LogP contribution in [0.2, 0.25) is 0 Å². The Hall–Kier alpha value is -1.49. The van der Waals surface area contributed by atoms with Crippen LogP contribution in [-0.2, 0) is 11.2 Å². The zero-order valence-electron chi connectivity index (χ0n) is 10.5. The van der Waals surface area contributed by atoms with E-state index in [4.69, 9.17) is 5.11 Å². The van der Waals surface area contributed by atoms with Crippen LogP contribution in [0.25, 0.3) is 0 Å². The van der Waals surface area contributed by atoms with Crippen molar-refractivity contribution in [2.45, 2.75) is 18.6 Å². The van der Waals surface area contributed by atoms with Crippen LogP contribution in [0.4, 0.5) is 0 Å². The van der Waals surface area contributed by atoms with E-state index in [0.717, 1.165) is 0 Å². The summed E-state index contributed by atoms with van der Waals surface area (Å²) in [5.74, 6) is -1.15. The molecule has 18 heavy (non-hydrogen) atoms. The molecule has 0 aliphatic rings. The quantitative estimate of drug-likeness (QED) is 0.824. The smallest absolute Gasteiger partial charge is 0.307 e. The summed E-state index contributed by atoms with van der Waals surface area (Å²) in [4.78, 5) is 22.7. The summed E-state index contributed by atoms with van der Waals surface area (Å²) in [7, 11) is 0. The van der Waals surface area contributed by atoms with E-state index >= 15 is 0 Å². The number of hydrogen-bond donors (Lipinski definition) is 2. The van der Waals surface area contributed by atoms with Gasteiger partial charge in [-0.25, -0.2) is 0 Å². The second-order valence-corrected chi connectivity index (χ2v) is 5.26. The van der Waals surface area contributed by atoms with E-state index in [0.29, 0.717) is 22.9 Å². The number of amides is 1. The molecule has 0 aromatic heterocycles. The lowest BCUT2D eigenvalue weighted by Gasteiger charge is -2.11. The molecular formula is C13H17NO3S. The number of carboxylic acids is 1.